The highest BCUT2D eigenvalue weighted by atomic mass is 35.5. The molecule has 1 aromatic rings. The van der Waals surface area contributed by atoms with Gasteiger partial charge in [0, 0.05) is 11.0 Å². The van der Waals surface area contributed by atoms with Gasteiger partial charge in [-0.2, -0.15) is 11.8 Å². The summed E-state index contributed by atoms with van der Waals surface area (Å²) >= 11 is 7.29. The van der Waals surface area contributed by atoms with Crippen molar-refractivity contribution >= 4 is 23.4 Å². The van der Waals surface area contributed by atoms with Gasteiger partial charge in [0.1, 0.15) is 5.82 Å². The quantitative estimate of drug-likeness (QED) is 0.742. The Labute approximate surface area is 91.3 Å². The van der Waals surface area contributed by atoms with Crippen molar-refractivity contribution in [3.8, 4) is 0 Å². The van der Waals surface area contributed by atoms with Crippen LogP contribution in [0.5, 0.6) is 0 Å². The first-order chi connectivity index (χ1) is 6.59. The molecule has 4 heteroatoms. The number of aliphatic hydroxyl groups is 1. The number of aliphatic hydroxyl groups excluding tert-OH is 1. The lowest BCUT2D eigenvalue weighted by Gasteiger charge is -2.27. The van der Waals surface area contributed by atoms with E-state index in [1.165, 1.54) is 12.1 Å². The van der Waals surface area contributed by atoms with Gasteiger partial charge in [0.15, 0.2) is 0 Å². The Balaban J connectivity index is 2.50. The summed E-state index contributed by atoms with van der Waals surface area (Å²) in [5.74, 6) is 0.328. The zero-order chi connectivity index (χ0) is 10.3. The number of fused-ring (bicyclic) bond motifs is 1. The molecule has 1 aromatic carbocycles. The SMILES string of the molecule is CC1SCc2cc(F)c(Cl)cc2C1O. The van der Waals surface area contributed by atoms with Gasteiger partial charge in [0.25, 0.3) is 0 Å². The summed E-state index contributed by atoms with van der Waals surface area (Å²) < 4.78 is 13.1. The first kappa shape index (κ1) is 10.3. The minimum atomic E-state index is -0.540. The van der Waals surface area contributed by atoms with Crippen molar-refractivity contribution < 1.29 is 9.50 Å². The van der Waals surface area contributed by atoms with E-state index in [2.05, 4.69) is 0 Å². The lowest BCUT2D eigenvalue weighted by molar-refractivity contribution is 0.177. The standard InChI is InChI=1S/C10H10ClFOS/c1-5-10(13)7-3-8(11)9(12)2-6(7)4-14-5/h2-3,5,10,13H,4H2,1H3. The molecule has 0 amide bonds. The largest absolute Gasteiger partial charge is 0.387 e. The van der Waals surface area contributed by atoms with Gasteiger partial charge < -0.3 is 5.11 Å². The van der Waals surface area contributed by atoms with E-state index in [0.29, 0.717) is 0 Å². The van der Waals surface area contributed by atoms with E-state index in [4.69, 9.17) is 11.6 Å². The Morgan fingerprint density at radius 2 is 2.29 bits per heavy atom. The van der Waals surface area contributed by atoms with Crippen LogP contribution in [0.4, 0.5) is 4.39 Å². The average molecular weight is 233 g/mol. The second-order valence-electron chi connectivity index (χ2n) is 3.43. The lowest BCUT2D eigenvalue weighted by Crippen LogP contribution is -2.18. The molecule has 0 saturated carbocycles. The van der Waals surface area contributed by atoms with Crippen LogP contribution < -0.4 is 0 Å². The topological polar surface area (TPSA) is 20.2 Å². The number of thioether (sulfide) groups is 1. The van der Waals surface area contributed by atoms with Crippen molar-refractivity contribution in [3.05, 3.63) is 34.1 Å². The van der Waals surface area contributed by atoms with Gasteiger partial charge in [-0.25, -0.2) is 4.39 Å². The molecule has 0 radical (unpaired) electrons. The molecule has 0 saturated heterocycles. The zero-order valence-corrected chi connectivity index (χ0v) is 9.20. The van der Waals surface area contributed by atoms with Gasteiger partial charge in [-0.3, -0.25) is 0 Å². The van der Waals surface area contributed by atoms with E-state index in [-0.39, 0.29) is 10.3 Å². The normalized spacial score (nSPS) is 26.0. The third-order valence-electron chi connectivity index (χ3n) is 2.45. The molecule has 1 nitrogen and oxygen atoms in total. The van der Waals surface area contributed by atoms with Gasteiger partial charge in [-0.15, -0.1) is 0 Å². The van der Waals surface area contributed by atoms with E-state index < -0.39 is 11.9 Å². The Kier molecular flexibility index (Phi) is 2.73. The van der Waals surface area contributed by atoms with Gasteiger partial charge in [0.05, 0.1) is 11.1 Å². The maximum Gasteiger partial charge on any atom is 0.142 e. The van der Waals surface area contributed by atoms with Crippen LogP contribution in [-0.4, -0.2) is 10.4 Å². The minimum Gasteiger partial charge on any atom is -0.387 e. The van der Waals surface area contributed by atoms with Crippen molar-refractivity contribution in [2.75, 3.05) is 0 Å². The van der Waals surface area contributed by atoms with Crippen LogP contribution >= 0.6 is 23.4 Å². The Hall–Kier alpha value is -0.250. The van der Waals surface area contributed by atoms with Gasteiger partial charge >= 0.3 is 0 Å². The molecule has 14 heavy (non-hydrogen) atoms. The Morgan fingerprint density at radius 3 is 3.00 bits per heavy atom. The van der Waals surface area contributed by atoms with Crippen LogP contribution in [0.3, 0.4) is 0 Å². The second kappa shape index (κ2) is 3.72. The number of hydrogen-bond donors (Lipinski definition) is 1. The molecule has 2 rings (SSSR count). The summed E-state index contributed by atoms with van der Waals surface area (Å²) in [6, 6.07) is 2.95. The van der Waals surface area contributed by atoms with Crippen molar-refractivity contribution in [1.29, 1.82) is 0 Å². The first-order valence-corrected chi connectivity index (χ1v) is 5.79. The number of hydrogen-bond acceptors (Lipinski definition) is 2. The minimum absolute atomic E-state index is 0.0851. The summed E-state index contributed by atoms with van der Waals surface area (Å²) in [4.78, 5) is 0. The van der Waals surface area contributed by atoms with E-state index in [9.17, 15) is 9.50 Å². The predicted molar refractivity (Wildman–Crippen MR) is 57.1 cm³/mol. The van der Waals surface area contributed by atoms with E-state index in [1.807, 2.05) is 6.92 Å². The molecule has 76 valence electrons. The summed E-state index contributed by atoms with van der Waals surface area (Å²) in [5, 5.41) is 10.1. The molecule has 1 N–H and O–H groups in total. The van der Waals surface area contributed by atoms with Crippen molar-refractivity contribution in [2.45, 2.75) is 24.0 Å². The molecule has 0 fully saturated rings. The fourth-order valence-corrected chi connectivity index (χ4v) is 2.76. The third-order valence-corrected chi connectivity index (χ3v) is 4.00. The fraction of sp³-hybridized carbons (Fsp3) is 0.400. The molecule has 0 aromatic heterocycles. The van der Waals surface area contributed by atoms with E-state index in [1.54, 1.807) is 11.8 Å². The Bertz CT molecular complexity index is 369. The average Bonchev–Trinajstić information content (AvgIpc) is 2.15. The van der Waals surface area contributed by atoms with Crippen LogP contribution in [0.25, 0.3) is 0 Å². The van der Waals surface area contributed by atoms with Crippen molar-refractivity contribution in [3.63, 3.8) is 0 Å². The van der Waals surface area contributed by atoms with Crippen LogP contribution in [0.2, 0.25) is 5.02 Å². The molecule has 2 unspecified atom stereocenters. The van der Waals surface area contributed by atoms with E-state index in [0.717, 1.165) is 16.9 Å². The number of halogens is 2. The summed E-state index contributed by atoms with van der Waals surface area (Å²) in [6.45, 7) is 1.95. The number of benzene rings is 1. The molecular formula is C10H10ClFOS. The van der Waals surface area contributed by atoms with Crippen molar-refractivity contribution in [2.24, 2.45) is 0 Å². The Morgan fingerprint density at radius 1 is 1.57 bits per heavy atom. The molecule has 1 heterocycles. The molecule has 0 spiro atoms. The summed E-state index contributed by atoms with van der Waals surface area (Å²) in [6.07, 6.45) is -0.540. The highest BCUT2D eigenvalue weighted by Crippen LogP contribution is 2.38. The summed E-state index contributed by atoms with van der Waals surface area (Å²) in [7, 11) is 0. The fourth-order valence-electron chi connectivity index (χ4n) is 1.57. The first-order valence-electron chi connectivity index (χ1n) is 4.37. The van der Waals surface area contributed by atoms with Crippen LogP contribution in [0.1, 0.15) is 24.2 Å². The lowest BCUT2D eigenvalue weighted by atomic mass is 10.0. The monoisotopic (exact) mass is 232 g/mol. The van der Waals surface area contributed by atoms with Crippen molar-refractivity contribution in [1.82, 2.24) is 0 Å². The van der Waals surface area contributed by atoms with E-state index >= 15 is 0 Å². The summed E-state index contributed by atoms with van der Waals surface area (Å²) in [5.41, 5.74) is 1.62. The predicted octanol–water partition coefficient (Wildman–Crippen LogP) is 3.15. The third kappa shape index (κ3) is 1.64. The van der Waals surface area contributed by atoms with Gasteiger partial charge in [0.2, 0.25) is 0 Å². The maximum atomic E-state index is 13.1. The smallest absolute Gasteiger partial charge is 0.142 e. The molecule has 0 bridgehead atoms. The van der Waals surface area contributed by atoms with Crippen LogP contribution in [0.15, 0.2) is 12.1 Å². The highest BCUT2D eigenvalue weighted by Gasteiger charge is 2.26. The van der Waals surface area contributed by atoms with Gasteiger partial charge in [-0.05, 0) is 23.3 Å². The number of rotatable bonds is 0. The second-order valence-corrected chi connectivity index (χ2v) is 5.20. The molecule has 2 atom stereocenters. The van der Waals surface area contributed by atoms with Crippen LogP contribution in [-0.2, 0) is 5.75 Å². The molecule has 0 aliphatic carbocycles. The molecular weight excluding hydrogens is 223 g/mol. The zero-order valence-electron chi connectivity index (χ0n) is 7.63. The molecule has 1 aliphatic rings. The van der Waals surface area contributed by atoms with Gasteiger partial charge in [-0.1, -0.05) is 18.5 Å². The maximum absolute atomic E-state index is 13.1. The van der Waals surface area contributed by atoms with Crippen LogP contribution in [0, 0.1) is 5.82 Å². The molecule has 1 aliphatic heterocycles. The highest BCUT2D eigenvalue weighted by molar-refractivity contribution is 7.99.